The zero-order chi connectivity index (χ0) is 13.4. The first-order valence-electron chi connectivity index (χ1n) is 6.77. The summed E-state index contributed by atoms with van der Waals surface area (Å²) < 4.78 is 0. The van der Waals surface area contributed by atoms with E-state index in [9.17, 15) is 4.79 Å². The predicted molar refractivity (Wildman–Crippen MR) is 75.3 cm³/mol. The van der Waals surface area contributed by atoms with Crippen LogP contribution in [0, 0.1) is 0 Å². The van der Waals surface area contributed by atoms with Crippen molar-refractivity contribution in [3.05, 3.63) is 35.9 Å². The van der Waals surface area contributed by atoms with Gasteiger partial charge in [0.2, 0.25) is 5.91 Å². The molecular weight excluding hydrogens is 224 g/mol. The normalized spacial score (nSPS) is 12.2. The van der Waals surface area contributed by atoms with Crippen LogP contribution in [0.2, 0.25) is 0 Å². The highest BCUT2D eigenvalue weighted by Crippen LogP contribution is 2.06. The van der Waals surface area contributed by atoms with Crippen LogP contribution in [0.25, 0.3) is 0 Å². The number of aryl methyl sites for hydroxylation is 1. The van der Waals surface area contributed by atoms with E-state index in [2.05, 4.69) is 19.1 Å². The Kier molecular flexibility index (Phi) is 6.44. The zero-order valence-electron chi connectivity index (χ0n) is 11.4. The Bertz CT molecular complexity index is 351. The molecule has 0 aliphatic heterocycles. The number of nitrogens with two attached hydrogens (primary N) is 1. The molecule has 0 aromatic heterocycles. The third-order valence-corrected chi connectivity index (χ3v) is 3.09. The highest BCUT2D eigenvalue weighted by Gasteiger charge is 2.18. The fourth-order valence-corrected chi connectivity index (χ4v) is 2.02. The van der Waals surface area contributed by atoms with Crippen molar-refractivity contribution in [1.29, 1.82) is 0 Å². The van der Waals surface area contributed by atoms with Gasteiger partial charge in [-0.2, -0.15) is 0 Å². The Morgan fingerprint density at radius 1 is 1.28 bits per heavy atom. The minimum absolute atomic E-state index is 0.0790. The molecule has 100 valence electrons. The molecule has 0 aliphatic carbocycles. The number of hydrogen-bond acceptors (Lipinski definition) is 2. The van der Waals surface area contributed by atoms with E-state index in [0.29, 0.717) is 6.42 Å². The molecule has 1 amide bonds. The van der Waals surface area contributed by atoms with E-state index in [0.717, 1.165) is 25.9 Å². The summed E-state index contributed by atoms with van der Waals surface area (Å²) in [5, 5.41) is 0. The minimum Gasteiger partial charge on any atom is -0.342 e. The summed E-state index contributed by atoms with van der Waals surface area (Å²) in [6, 6.07) is 9.78. The molecule has 0 saturated carbocycles. The maximum Gasteiger partial charge on any atom is 0.239 e. The van der Waals surface area contributed by atoms with E-state index in [4.69, 9.17) is 5.73 Å². The first-order chi connectivity index (χ1) is 8.69. The summed E-state index contributed by atoms with van der Waals surface area (Å²) in [6.07, 6.45) is 2.55. The standard InChI is InChI=1S/C15H24N2O/c1-3-12-17(4-2)15(18)14(16)11-10-13-8-6-5-7-9-13/h5-9,14H,3-4,10-12,16H2,1-2H3/t14-/m0/s1. The van der Waals surface area contributed by atoms with Crippen molar-refractivity contribution < 1.29 is 4.79 Å². The first kappa shape index (κ1) is 14.7. The van der Waals surface area contributed by atoms with Crippen LogP contribution in [0.4, 0.5) is 0 Å². The number of hydrogen-bond donors (Lipinski definition) is 1. The number of nitrogens with zero attached hydrogens (tertiary/aromatic N) is 1. The third-order valence-electron chi connectivity index (χ3n) is 3.09. The van der Waals surface area contributed by atoms with E-state index in [1.54, 1.807) is 0 Å². The lowest BCUT2D eigenvalue weighted by Crippen LogP contribution is -2.44. The van der Waals surface area contributed by atoms with Gasteiger partial charge in [0.05, 0.1) is 6.04 Å². The van der Waals surface area contributed by atoms with Crippen LogP contribution < -0.4 is 5.73 Å². The van der Waals surface area contributed by atoms with E-state index >= 15 is 0 Å². The maximum absolute atomic E-state index is 12.1. The second-order valence-electron chi connectivity index (χ2n) is 4.55. The third kappa shape index (κ3) is 4.49. The lowest BCUT2D eigenvalue weighted by atomic mass is 10.0. The van der Waals surface area contributed by atoms with Crippen LogP contribution in [-0.4, -0.2) is 29.9 Å². The molecule has 0 spiro atoms. The maximum atomic E-state index is 12.1. The number of carbonyl (C=O) groups is 1. The van der Waals surface area contributed by atoms with Gasteiger partial charge in [-0.3, -0.25) is 4.79 Å². The molecule has 1 aromatic carbocycles. The van der Waals surface area contributed by atoms with Gasteiger partial charge in [0, 0.05) is 13.1 Å². The molecule has 0 aliphatic rings. The Balaban J connectivity index is 2.44. The molecule has 1 atom stereocenters. The molecule has 1 rings (SSSR count). The van der Waals surface area contributed by atoms with Crippen LogP contribution >= 0.6 is 0 Å². The van der Waals surface area contributed by atoms with Crippen molar-refractivity contribution in [3.63, 3.8) is 0 Å². The topological polar surface area (TPSA) is 46.3 Å². The molecule has 1 aromatic rings. The quantitative estimate of drug-likeness (QED) is 0.804. The van der Waals surface area contributed by atoms with Crippen molar-refractivity contribution in [2.45, 2.75) is 39.2 Å². The van der Waals surface area contributed by atoms with Gasteiger partial charge < -0.3 is 10.6 Å². The van der Waals surface area contributed by atoms with E-state index in [1.165, 1.54) is 5.56 Å². The molecule has 3 heteroatoms. The lowest BCUT2D eigenvalue weighted by molar-refractivity contribution is -0.132. The molecule has 0 fully saturated rings. The monoisotopic (exact) mass is 248 g/mol. The van der Waals surface area contributed by atoms with Crippen LogP contribution in [0.3, 0.4) is 0 Å². The van der Waals surface area contributed by atoms with Gasteiger partial charge in [0.1, 0.15) is 0 Å². The van der Waals surface area contributed by atoms with Gasteiger partial charge in [-0.25, -0.2) is 0 Å². The smallest absolute Gasteiger partial charge is 0.239 e. The lowest BCUT2D eigenvalue weighted by Gasteiger charge is -2.23. The fraction of sp³-hybridized carbons (Fsp3) is 0.533. The molecule has 0 unspecified atom stereocenters. The molecule has 18 heavy (non-hydrogen) atoms. The molecule has 0 radical (unpaired) electrons. The zero-order valence-corrected chi connectivity index (χ0v) is 11.4. The SMILES string of the molecule is CCCN(CC)C(=O)[C@@H](N)CCc1ccccc1. The number of carbonyl (C=O) groups excluding carboxylic acids is 1. The summed E-state index contributed by atoms with van der Waals surface area (Å²) >= 11 is 0. The van der Waals surface area contributed by atoms with Crippen molar-refractivity contribution in [3.8, 4) is 0 Å². The number of likely N-dealkylation sites (N-methyl/N-ethyl adjacent to an activating group) is 1. The first-order valence-corrected chi connectivity index (χ1v) is 6.77. The van der Waals surface area contributed by atoms with Crippen molar-refractivity contribution in [2.75, 3.05) is 13.1 Å². The summed E-state index contributed by atoms with van der Waals surface area (Å²) in [7, 11) is 0. The second kappa shape index (κ2) is 7.88. The Morgan fingerprint density at radius 3 is 2.50 bits per heavy atom. The summed E-state index contributed by atoms with van der Waals surface area (Å²) in [5.74, 6) is 0.0790. The summed E-state index contributed by atoms with van der Waals surface area (Å²) in [4.78, 5) is 13.9. The average molecular weight is 248 g/mol. The molecule has 0 heterocycles. The van der Waals surface area contributed by atoms with Gasteiger partial charge >= 0.3 is 0 Å². The molecule has 0 saturated heterocycles. The molecule has 3 nitrogen and oxygen atoms in total. The van der Waals surface area contributed by atoms with Crippen LogP contribution in [-0.2, 0) is 11.2 Å². The van der Waals surface area contributed by atoms with E-state index in [-0.39, 0.29) is 11.9 Å². The van der Waals surface area contributed by atoms with Crippen LogP contribution in [0.15, 0.2) is 30.3 Å². The van der Waals surface area contributed by atoms with Gasteiger partial charge in [0.25, 0.3) is 0 Å². The van der Waals surface area contributed by atoms with Crippen LogP contribution in [0.1, 0.15) is 32.3 Å². The van der Waals surface area contributed by atoms with E-state index < -0.39 is 0 Å². The molecule has 2 N–H and O–H groups in total. The number of amides is 1. The van der Waals surface area contributed by atoms with Gasteiger partial charge in [0.15, 0.2) is 0 Å². The van der Waals surface area contributed by atoms with Crippen LogP contribution in [0.5, 0.6) is 0 Å². The minimum atomic E-state index is -0.378. The predicted octanol–water partition coefficient (Wildman–Crippen LogP) is 2.21. The number of benzene rings is 1. The fourth-order valence-electron chi connectivity index (χ4n) is 2.02. The van der Waals surface area contributed by atoms with Gasteiger partial charge in [-0.05, 0) is 31.7 Å². The Morgan fingerprint density at radius 2 is 1.94 bits per heavy atom. The van der Waals surface area contributed by atoms with Gasteiger partial charge in [-0.1, -0.05) is 37.3 Å². The Labute approximate surface area is 110 Å². The van der Waals surface area contributed by atoms with Gasteiger partial charge in [-0.15, -0.1) is 0 Å². The largest absolute Gasteiger partial charge is 0.342 e. The highest BCUT2D eigenvalue weighted by molar-refractivity contribution is 5.81. The van der Waals surface area contributed by atoms with Crippen molar-refractivity contribution >= 4 is 5.91 Å². The summed E-state index contributed by atoms with van der Waals surface area (Å²) in [5.41, 5.74) is 7.22. The average Bonchev–Trinajstić information content (AvgIpc) is 2.42. The van der Waals surface area contributed by atoms with E-state index in [1.807, 2.05) is 30.0 Å². The molecular formula is C15H24N2O. The van der Waals surface area contributed by atoms with Crippen molar-refractivity contribution in [1.82, 2.24) is 4.90 Å². The molecule has 0 bridgehead atoms. The second-order valence-corrected chi connectivity index (χ2v) is 4.55. The number of rotatable bonds is 7. The van der Waals surface area contributed by atoms with Crippen molar-refractivity contribution in [2.24, 2.45) is 5.73 Å². The summed E-state index contributed by atoms with van der Waals surface area (Å²) in [6.45, 7) is 5.61. The Hall–Kier alpha value is -1.35. The highest BCUT2D eigenvalue weighted by atomic mass is 16.2.